The molecule has 0 saturated heterocycles. The molecule has 5 nitrogen and oxygen atoms in total. The van der Waals surface area contributed by atoms with E-state index >= 15 is 0 Å². The van der Waals surface area contributed by atoms with Crippen molar-refractivity contribution in [3.8, 4) is 17.2 Å². The van der Waals surface area contributed by atoms with Gasteiger partial charge >= 0.3 is 0 Å². The molecule has 0 aliphatic heterocycles. The van der Waals surface area contributed by atoms with Crippen molar-refractivity contribution < 1.29 is 19.3 Å². The van der Waals surface area contributed by atoms with Crippen LogP contribution in [0.2, 0.25) is 19.6 Å². The summed E-state index contributed by atoms with van der Waals surface area (Å²) >= 11 is 0. The largest absolute Gasteiger partial charge is 0.493 e. The van der Waals surface area contributed by atoms with Crippen LogP contribution in [0, 0.1) is 5.92 Å². The minimum atomic E-state index is -1.71. The second-order valence-corrected chi connectivity index (χ2v) is 14.2. The Morgan fingerprint density at radius 1 is 1.11 bits per heavy atom. The maximum Gasteiger partial charge on any atom is 0.203 e. The zero-order valence-electron chi connectivity index (χ0n) is 17.9. The monoisotopic (exact) mass is 403 g/mol. The normalized spacial score (nSPS) is 27.6. The van der Waals surface area contributed by atoms with Gasteiger partial charge in [0.15, 0.2) is 11.5 Å². The van der Waals surface area contributed by atoms with Gasteiger partial charge < -0.3 is 25.1 Å². The quantitative estimate of drug-likeness (QED) is 0.732. The lowest BCUT2D eigenvalue weighted by Crippen LogP contribution is -2.49. The van der Waals surface area contributed by atoms with Gasteiger partial charge in [-0.3, -0.25) is 0 Å². The van der Waals surface area contributed by atoms with Gasteiger partial charge in [0.2, 0.25) is 5.75 Å². The van der Waals surface area contributed by atoms with Crippen molar-refractivity contribution >= 4 is 13.6 Å². The first-order valence-corrected chi connectivity index (χ1v) is 13.3. The minimum absolute atomic E-state index is 0.0803. The number of rotatable bonds is 5. The highest BCUT2D eigenvalue weighted by molar-refractivity contribution is 6.84. The lowest BCUT2D eigenvalue weighted by Gasteiger charge is -2.43. The molecule has 28 heavy (non-hydrogen) atoms. The Bertz CT molecular complexity index is 801. The van der Waals surface area contributed by atoms with Crippen molar-refractivity contribution in [2.24, 2.45) is 11.7 Å². The predicted molar refractivity (Wildman–Crippen MR) is 116 cm³/mol. The Balaban J connectivity index is 2.25. The van der Waals surface area contributed by atoms with Crippen LogP contribution in [0.4, 0.5) is 0 Å². The summed E-state index contributed by atoms with van der Waals surface area (Å²) in [5, 5.41) is 11.7. The van der Waals surface area contributed by atoms with Gasteiger partial charge in [0.1, 0.15) is 0 Å². The molecule has 3 rings (SSSR count). The molecule has 0 bridgehead atoms. The summed E-state index contributed by atoms with van der Waals surface area (Å²) in [5.74, 6) is 1.91. The fourth-order valence-electron chi connectivity index (χ4n) is 4.87. The highest BCUT2D eigenvalue weighted by Crippen LogP contribution is 2.54. The Labute approximate surface area is 169 Å². The molecule has 0 heterocycles. The number of aliphatic hydroxyl groups excluding tert-OH is 1. The van der Waals surface area contributed by atoms with Crippen LogP contribution in [-0.2, 0) is 0 Å². The molecule has 0 aromatic heterocycles. The zero-order valence-corrected chi connectivity index (χ0v) is 18.9. The Kier molecular flexibility index (Phi) is 5.42. The summed E-state index contributed by atoms with van der Waals surface area (Å²) in [5.41, 5.74) is 9.63. The van der Waals surface area contributed by atoms with E-state index < -0.39 is 13.6 Å². The van der Waals surface area contributed by atoms with Crippen molar-refractivity contribution in [1.29, 1.82) is 0 Å². The van der Waals surface area contributed by atoms with Crippen LogP contribution in [0.15, 0.2) is 29.5 Å². The third-order valence-electron chi connectivity index (χ3n) is 6.23. The Hall–Kier alpha value is -1.76. The molecule has 0 amide bonds. The van der Waals surface area contributed by atoms with Crippen molar-refractivity contribution in [1.82, 2.24) is 0 Å². The van der Waals surface area contributed by atoms with Gasteiger partial charge in [-0.05, 0) is 48.1 Å². The topological polar surface area (TPSA) is 73.9 Å². The van der Waals surface area contributed by atoms with Crippen LogP contribution in [0.25, 0.3) is 5.57 Å². The highest BCUT2D eigenvalue weighted by atomic mass is 28.3. The van der Waals surface area contributed by atoms with Crippen LogP contribution >= 0.6 is 0 Å². The SMILES string of the molecule is C=C1C(c2cc(OC)c(OC)c(OC)c2)=C([Si](C)(C)C)C[C@@]2(N)C[C@@H](O)C[C@H]12. The van der Waals surface area contributed by atoms with Gasteiger partial charge in [-0.1, -0.05) is 31.4 Å². The van der Waals surface area contributed by atoms with Crippen molar-refractivity contribution in [3.63, 3.8) is 0 Å². The van der Waals surface area contributed by atoms with Crippen LogP contribution in [0.5, 0.6) is 17.2 Å². The summed E-state index contributed by atoms with van der Waals surface area (Å²) in [4.78, 5) is 0. The molecule has 0 unspecified atom stereocenters. The number of nitrogens with two attached hydrogens (primary N) is 1. The van der Waals surface area contributed by atoms with E-state index in [2.05, 4.69) is 26.2 Å². The predicted octanol–water partition coefficient (Wildman–Crippen LogP) is 3.77. The summed E-state index contributed by atoms with van der Waals surface area (Å²) in [6, 6.07) is 3.99. The van der Waals surface area contributed by atoms with E-state index in [-0.39, 0.29) is 12.0 Å². The van der Waals surface area contributed by atoms with Gasteiger partial charge in [-0.2, -0.15) is 0 Å². The Morgan fingerprint density at radius 2 is 1.68 bits per heavy atom. The van der Waals surface area contributed by atoms with Crippen LogP contribution < -0.4 is 19.9 Å². The zero-order chi connectivity index (χ0) is 20.9. The smallest absolute Gasteiger partial charge is 0.203 e. The maximum atomic E-state index is 10.3. The summed E-state index contributed by atoms with van der Waals surface area (Å²) in [6.45, 7) is 11.5. The molecule has 3 atom stereocenters. The van der Waals surface area contributed by atoms with E-state index in [0.29, 0.717) is 30.1 Å². The second kappa shape index (κ2) is 7.24. The fraction of sp³-hybridized carbons (Fsp3) is 0.545. The number of fused-ring (bicyclic) bond motifs is 1. The molecule has 1 aromatic rings. The molecule has 1 aromatic carbocycles. The molecule has 2 aliphatic carbocycles. The van der Waals surface area contributed by atoms with Gasteiger partial charge in [0.05, 0.1) is 35.5 Å². The average molecular weight is 404 g/mol. The number of benzene rings is 1. The molecule has 2 aliphatic rings. The molecule has 1 saturated carbocycles. The Morgan fingerprint density at radius 3 is 2.14 bits per heavy atom. The maximum absolute atomic E-state index is 10.3. The molecule has 6 heteroatoms. The number of aliphatic hydroxyl groups is 1. The first-order valence-electron chi connectivity index (χ1n) is 9.76. The summed E-state index contributed by atoms with van der Waals surface area (Å²) in [7, 11) is 3.16. The molecule has 0 radical (unpaired) electrons. The first-order chi connectivity index (χ1) is 13.1. The molecule has 154 valence electrons. The van der Waals surface area contributed by atoms with E-state index in [1.54, 1.807) is 21.3 Å². The molecular weight excluding hydrogens is 370 g/mol. The third kappa shape index (κ3) is 3.38. The number of hydrogen-bond donors (Lipinski definition) is 2. The van der Waals surface area contributed by atoms with E-state index in [4.69, 9.17) is 19.9 Å². The fourth-order valence-corrected chi connectivity index (χ4v) is 6.78. The lowest BCUT2D eigenvalue weighted by atomic mass is 9.72. The molecule has 3 N–H and O–H groups in total. The van der Waals surface area contributed by atoms with Gasteiger partial charge in [0.25, 0.3) is 0 Å². The van der Waals surface area contributed by atoms with E-state index in [1.807, 2.05) is 12.1 Å². The van der Waals surface area contributed by atoms with E-state index in [9.17, 15) is 5.11 Å². The van der Waals surface area contributed by atoms with Gasteiger partial charge in [0, 0.05) is 11.5 Å². The number of methoxy groups -OCH3 is 3. The molecule has 1 fully saturated rings. The number of ether oxygens (including phenoxy) is 3. The average Bonchev–Trinajstić information content (AvgIpc) is 2.94. The van der Waals surface area contributed by atoms with Gasteiger partial charge in [-0.25, -0.2) is 0 Å². The van der Waals surface area contributed by atoms with Crippen LogP contribution in [0.3, 0.4) is 0 Å². The van der Waals surface area contributed by atoms with E-state index in [0.717, 1.165) is 17.6 Å². The minimum Gasteiger partial charge on any atom is -0.493 e. The van der Waals surface area contributed by atoms with Crippen molar-refractivity contribution in [3.05, 3.63) is 35.0 Å². The summed E-state index contributed by atoms with van der Waals surface area (Å²) in [6.07, 6.45) is 1.74. The van der Waals surface area contributed by atoms with Crippen LogP contribution in [-0.4, -0.2) is 46.2 Å². The first kappa shape index (κ1) is 21.0. The molecular formula is C22H33NO4Si. The molecule has 0 spiro atoms. The van der Waals surface area contributed by atoms with E-state index in [1.165, 1.54) is 10.8 Å². The summed E-state index contributed by atoms with van der Waals surface area (Å²) < 4.78 is 16.6. The number of hydrogen-bond acceptors (Lipinski definition) is 5. The van der Waals surface area contributed by atoms with Crippen LogP contribution in [0.1, 0.15) is 24.8 Å². The highest BCUT2D eigenvalue weighted by Gasteiger charge is 2.51. The standard InChI is InChI=1S/C22H33NO4Si/c1-13-16-10-15(24)11-22(16,23)12-19(28(5,6)7)20(13)14-8-17(25-2)21(27-4)18(9-14)26-3/h8-9,15-16,24H,1,10-12,23H2,2-7H3/t15-,16+,22-/m0/s1. The third-order valence-corrected chi connectivity index (χ3v) is 8.46. The second-order valence-electron chi connectivity index (χ2n) is 9.10. The van der Waals surface area contributed by atoms with Crippen molar-refractivity contribution in [2.75, 3.05) is 21.3 Å². The number of allylic oxidation sites excluding steroid dienone is 1. The van der Waals surface area contributed by atoms with Crippen molar-refractivity contribution in [2.45, 2.75) is 50.5 Å². The van der Waals surface area contributed by atoms with Gasteiger partial charge in [-0.15, -0.1) is 0 Å². The lowest BCUT2D eigenvalue weighted by molar-refractivity contribution is 0.173.